The highest BCUT2D eigenvalue weighted by molar-refractivity contribution is 6.13. The fourth-order valence-corrected chi connectivity index (χ4v) is 5.78. The Morgan fingerprint density at radius 1 is 0.417 bits per heavy atom. The highest BCUT2D eigenvalue weighted by atomic mass is 15.2. The summed E-state index contributed by atoms with van der Waals surface area (Å²) in [6.07, 6.45) is 1.88. The number of fused-ring (bicyclic) bond motifs is 9. The Hall–Kier alpha value is -4.89. The Labute approximate surface area is 207 Å². The molecular weight excluding hydrogens is 438 g/mol. The van der Waals surface area contributed by atoms with Gasteiger partial charge in [0.05, 0.1) is 28.3 Å². The second kappa shape index (κ2) is 7.30. The summed E-state index contributed by atoms with van der Waals surface area (Å²) in [6.45, 7) is 0. The van der Waals surface area contributed by atoms with Crippen LogP contribution in [0.5, 0.6) is 0 Å². The Kier molecular flexibility index (Phi) is 3.94. The first-order chi connectivity index (χ1) is 17.9. The first-order valence-corrected chi connectivity index (χ1v) is 12.2. The lowest BCUT2D eigenvalue weighted by Crippen LogP contribution is -1.94. The van der Waals surface area contributed by atoms with Crippen LogP contribution in [-0.4, -0.2) is 14.2 Å². The topological polar surface area (TPSA) is 22.2 Å². The summed E-state index contributed by atoms with van der Waals surface area (Å²) in [5.74, 6) is 0. The van der Waals surface area contributed by atoms with E-state index in [1.165, 1.54) is 54.8 Å². The number of rotatable bonds is 2. The lowest BCUT2D eigenvalue weighted by molar-refractivity contribution is 1.01. The molecule has 168 valence electrons. The van der Waals surface area contributed by atoms with Gasteiger partial charge in [-0.25, -0.2) is 4.52 Å². The molecule has 3 heterocycles. The highest BCUT2D eigenvalue weighted by Gasteiger charge is 2.13. The summed E-state index contributed by atoms with van der Waals surface area (Å²) in [4.78, 5) is 0. The van der Waals surface area contributed by atoms with E-state index in [2.05, 4.69) is 131 Å². The minimum atomic E-state index is 1.13. The Morgan fingerprint density at radius 2 is 1.00 bits per heavy atom. The monoisotopic (exact) mass is 459 g/mol. The third kappa shape index (κ3) is 2.65. The van der Waals surface area contributed by atoms with Crippen LogP contribution in [0.1, 0.15) is 0 Å². The first-order valence-electron chi connectivity index (χ1n) is 12.2. The number of nitrogens with zero attached hydrogens (tertiary/aromatic N) is 3. The molecule has 8 aromatic rings. The molecule has 0 aliphatic rings. The molecule has 3 aromatic heterocycles. The van der Waals surface area contributed by atoms with Crippen LogP contribution in [0.3, 0.4) is 0 Å². The Morgan fingerprint density at radius 3 is 1.75 bits per heavy atom. The van der Waals surface area contributed by atoms with Crippen LogP contribution in [-0.2, 0) is 0 Å². The van der Waals surface area contributed by atoms with Crippen molar-refractivity contribution in [3.05, 3.63) is 128 Å². The lowest BCUT2D eigenvalue weighted by atomic mass is 9.98. The van der Waals surface area contributed by atoms with Gasteiger partial charge < -0.3 is 4.57 Å². The van der Waals surface area contributed by atoms with E-state index in [0.717, 1.165) is 11.0 Å². The molecule has 0 aliphatic heterocycles. The zero-order valence-corrected chi connectivity index (χ0v) is 19.5. The third-order valence-electron chi connectivity index (χ3n) is 7.38. The molecule has 0 radical (unpaired) electrons. The van der Waals surface area contributed by atoms with Crippen molar-refractivity contribution in [2.24, 2.45) is 0 Å². The maximum Gasteiger partial charge on any atom is 0.0747 e. The summed E-state index contributed by atoms with van der Waals surface area (Å²) < 4.78 is 4.42. The molecule has 0 atom stereocenters. The molecule has 0 saturated heterocycles. The van der Waals surface area contributed by atoms with E-state index in [1.54, 1.807) is 0 Å². The highest BCUT2D eigenvalue weighted by Crippen LogP contribution is 2.35. The lowest BCUT2D eigenvalue weighted by Gasteiger charge is -2.12. The van der Waals surface area contributed by atoms with Gasteiger partial charge in [0.1, 0.15) is 0 Å². The van der Waals surface area contributed by atoms with Gasteiger partial charge in [0, 0.05) is 27.2 Å². The van der Waals surface area contributed by atoms with Crippen molar-refractivity contribution in [1.29, 1.82) is 0 Å². The van der Waals surface area contributed by atoms with E-state index in [1.807, 2.05) is 10.7 Å². The molecule has 3 heteroatoms. The second-order valence-corrected chi connectivity index (χ2v) is 9.33. The van der Waals surface area contributed by atoms with Crippen LogP contribution < -0.4 is 0 Å². The fraction of sp³-hybridized carbons (Fsp3) is 0. The zero-order chi connectivity index (χ0) is 23.6. The molecule has 0 saturated carbocycles. The van der Waals surface area contributed by atoms with Gasteiger partial charge in [0.25, 0.3) is 0 Å². The van der Waals surface area contributed by atoms with Crippen LogP contribution in [0.15, 0.2) is 128 Å². The maximum atomic E-state index is 4.58. The van der Waals surface area contributed by atoms with Gasteiger partial charge >= 0.3 is 0 Å². The van der Waals surface area contributed by atoms with Crippen molar-refractivity contribution in [2.45, 2.75) is 0 Å². The standard InChI is InChI=1S/C33H21N3/c1-4-13-30-25(10-1)26-11-2-5-14-31(26)35(30)24-9-7-8-22(20-24)23-16-17-28-29(21-23)27-12-3-6-15-32(27)36-33(28)18-19-34-36/h1-21H. The predicted octanol–water partition coefficient (Wildman–Crippen LogP) is 8.40. The van der Waals surface area contributed by atoms with E-state index in [-0.39, 0.29) is 0 Å². The quantitative estimate of drug-likeness (QED) is 0.238. The van der Waals surface area contributed by atoms with Crippen LogP contribution in [0.2, 0.25) is 0 Å². The molecule has 3 nitrogen and oxygen atoms in total. The van der Waals surface area contributed by atoms with E-state index in [0.29, 0.717) is 0 Å². The number of pyridine rings is 1. The van der Waals surface area contributed by atoms with Gasteiger partial charge in [0.15, 0.2) is 0 Å². The van der Waals surface area contributed by atoms with E-state index < -0.39 is 0 Å². The van der Waals surface area contributed by atoms with E-state index in [9.17, 15) is 0 Å². The van der Waals surface area contributed by atoms with Gasteiger partial charge in [-0.3, -0.25) is 0 Å². The van der Waals surface area contributed by atoms with Gasteiger partial charge in [-0.05, 0) is 59.0 Å². The largest absolute Gasteiger partial charge is 0.309 e. The molecule has 36 heavy (non-hydrogen) atoms. The average Bonchev–Trinajstić information content (AvgIpc) is 3.57. The number of hydrogen-bond donors (Lipinski definition) is 0. The summed E-state index contributed by atoms with van der Waals surface area (Å²) in [7, 11) is 0. The number of hydrogen-bond acceptors (Lipinski definition) is 1. The second-order valence-electron chi connectivity index (χ2n) is 9.33. The van der Waals surface area contributed by atoms with Crippen LogP contribution >= 0.6 is 0 Å². The normalized spacial score (nSPS) is 11.9. The molecule has 8 rings (SSSR count). The summed E-state index contributed by atoms with van der Waals surface area (Å²) in [6, 6.07) is 43.6. The van der Waals surface area contributed by atoms with Gasteiger partial charge in [-0.2, -0.15) is 5.10 Å². The SMILES string of the molecule is c1cc(-c2ccc3c(c2)c2ccccc2n2nccc32)cc(-n2c3ccccc3c3ccccc32)c1. The van der Waals surface area contributed by atoms with Crippen molar-refractivity contribution < 1.29 is 0 Å². The molecule has 0 amide bonds. The minimum Gasteiger partial charge on any atom is -0.309 e. The van der Waals surface area contributed by atoms with Crippen molar-refractivity contribution >= 4 is 49.0 Å². The Bertz CT molecular complexity index is 2060. The van der Waals surface area contributed by atoms with E-state index in [4.69, 9.17) is 0 Å². The molecule has 0 bridgehead atoms. The zero-order valence-electron chi connectivity index (χ0n) is 19.5. The molecular formula is C33H21N3. The summed E-state index contributed by atoms with van der Waals surface area (Å²) in [5.41, 5.74) is 8.29. The molecule has 0 N–H and O–H groups in total. The average molecular weight is 460 g/mol. The predicted molar refractivity (Wildman–Crippen MR) is 150 cm³/mol. The van der Waals surface area contributed by atoms with E-state index >= 15 is 0 Å². The molecule has 0 aliphatic carbocycles. The maximum absolute atomic E-state index is 4.58. The van der Waals surface area contributed by atoms with Crippen LogP contribution in [0.4, 0.5) is 0 Å². The van der Waals surface area contributed by atoms with Gasteiger partial charge in [0.2, 0.25) is 0 Å². The number of benzene rings is 5. The first kappa shape index (κ1) is 19.4. The van der Waals surface area contributed by atoms with Gasteiger partial charge in [-0.15, -0.1) is 0 Å². The fourth-order valence-electron chi connectivity index (χ4n) is 5.78. The molecule has 5 aromatic carbocycles. The molecule has 0 unspecified atom stereocenters. The summed E-state index contributed by atoms with van der Waals surface area (Å²) >= 11 is 0. The molecule has 0 spiro atoms. The Balaban J connectivity index is 1.38. The van der Waals surface area contributed by atoms with Crippen molar-refractivity contribution in [3.63, 3.8) is 0 Å². The van der Waals surface area contributed by atoms with Crippen molar-refractivity contribution in [1.82, 2.24) is 14.2 Å². The minimum absolute atomic E-state index is 1.13. The van der Waals surface area contributed by atoms with Gasteiger partial charge in [-0.1, -0.05) is 78.9 Å². The number of aromatic nitrogens is 3. The number of para-hydroxylation sites is 3. The third-order valence-corrected chi connectivity index (χ3v) is 7.38. The van der Waals surface area contributed by atoms with Crippen molar-refractivity contribution in [3.8, 4) is 16.8 Å². The van der Waals surface area contributed by atoms with Crippen LogP contribution in [0.25, 0.3) is 65.8 Å². The van der Waals surface area contributed by atoms with Crippen LogP contribution in [0, 0.1) is 0 Å². The molecule has 0 fully saturated rings. The van der Waals surface area contributed by atoms with Crippen molar-refractivity contribution in [2.75, 3.05) is 0 Å². The summed E-state index contributed by atoms with van der Waals surface area (Å²) in [5, 5.41) is 10.8. The smallest absolute Gasteiger partial charge is 0.0747 e.